The lowest BCUT2D eigenvalue weighted by Crippen LogP contribution is -2.52. The molecule has 0 bridgehead atoms. The second kappa shape index (κ2) is 5.88. The highest BCUT2D eigenvalue weighted by molar-refractivity contribution is 5.93. The van der Waals surface area contributed by atoms with E-state index in [-0.39, 0.29) is 28.9 Å². The summed E-state index contributed by atoms with van der Waals surface area (Å²) in [7, 11) is 0. The van der Waals surface area contributed by atoms with Gasteiger partial charge >= 0.3 is 0 Å². The molecule has 0 fully saturated rings. The molecule has 0 saturated heterocycles. The minimum absolute atomic E-state index is 0.0609. The van der Waals surface area contributed by atoms with Crippen LogP contribution in [0.25, 0.3) is 0 Å². The van der Waals surface area contributed by atoms with Crippen LogP contribution in [0.1, 0.15) is 51.9 Å². The van der Waals surface area contributed by atoms with Crippen molar-refractivity contribution in [3.05, 3.63) is 48.0 Å². The molecule has 1 heterocycles. The van der Waals surface area contributed by atoms with E-state index in [1.807, 2.05) is 30.3 Å². The summed E-state index contributed by atoms with van der Waals surface area (Å²) in [5.41, 5.74) is 0.498. The first-order valence-electron chi connectivity index (χ1n) is 7.84. The minimum Gasteiger partial charge on any atom is -0.267 e. The topological polar surface area (TPSA) is 29.5 Å². The van der Waals surface area contributed by atoms with Gasteiger partial charge in [-0.3, -0.25) is 9.63 Å². The van der Waals surface area contributed by atoms with Crippen LogP contribution in [-0.2, 0) is 4.84 Å². The fraction of sp³-hybridized carbons (Fsp3) is 0.526. The maximum absolute atomic E-state index is 12.9. The molecule has 1 aromatic carbocycles. The van der Waals surface area contributed by atoms with Crippen molar-refractivity contribution in [2.75, 3.05) is 0 Å². The van der Waals surface area contributed by atoms with Gasteiger partial charge in [-0.1, -0.05) is 71.9 Å². The molecule has 3 nitrogen and oxygen atoms in total. The number of nitrogens with zero attached hydrogens (tertiary/aromatic N) is 1. The third kappa shape index (κ3) is 3.58. The van der Waals surface area contributed by atoms with Gasteiger partial charge in [0.25, 0.3) is 5.91 Å². The van der Waals surface area contributed by atoms with E-state index in [1.165, 1.54) is 0 Å². The fourth-order valence-electron chi connectivity index (χ4n) is 2.48. The van der Waals surface area contributed by atoms with Gasteiger partial charge in [-0.05, 0) is 23.0 Å². The van der Waals surface area contributed by atoms with Crippen LogP contribution in [0.5, 0.6) is 0 Å². The molecule has 0 aliphatic carbocycles. The monoisotopic (exact) mass is 301 g/mol. The van der Waals surface area contributed by atoms with Gasteiger partial charge in [0.15, 0.2) is 0 Å². The Kier molecular flexibility index (Phi) is 4.48. The first-order chi connectivity index (χ1) is 10.1. The van der Waals surface area contributed by atoms with Crippen molar-refractivity contribution >= 4 is 5.91 Å². The highest BCUT2D eigenvalue weighted by atomic mass is 16.7. The molecule has 1 aromatic rings. The van der Waals surface area contributed by atoms with Crippen LogP contribution < -0.4 is 0 Å². The third-order valence-electron chi connectivity index (χ3n) is 3.91. The maximum atomic E-state index is 12.9. The Balaban J connectivity index is 2.36. The molecule has 1 aliphatic heterocycles. The lowest BCUT2D eigenvalue weighted by molar-refractivity contribution is -0.209. The van der Waals surface area contributed by atoms with Gasteiger partial charge in [0.2, 0.25) is 0 Å². The fourth-order valence-corrected chi connectivity index (χ4v) is 2.48. The summed E-state index contributed by atoms with van der Waals surface area (Å²) < 4.78 is 0. The average molecular weight is 301 g/mol. The van der Waals surface area contributed by atoms with Gasteiger partial charge in [-0.15, -0.1) is 0 Å². The molecule has 1 aliphatic rings. The molecule has 0 spiro atoms. The van der Waals surface area contributed by atoms with E-state index >= 15 is 0 Å². The Hall–Kier alpha value is -1.61. The van der Waals surface area contributed by atoms with Crippen molar-refractivity contribution in [2.24, 2.45) is 10.8 Å². The smallest absolute Gasteiger partial charge is 0.267 e. The quantitative estimate of drug-likeness (QED) is 0.717. The SMILES string of the molecule is CC(C)(C)[C@@H]1C=C[C@H](C(C)(C)C)ON1C(=O)c1ccccc1. The van der Waals surface area contributed by atoms with Crippen LogP contribution in [0.15, 0.2) is 42.5 Å². The summed E-state index contributed by atoms with van der Waals surface area (Å²) in [5.74, 6) is -0.0841. The number of hydrogen-bond acceptors (Lipinski definition) is 2. The van der Waals surface area contributed by atoms with Gasteiger partial charge < -0.3 is 0 Å². The van der Waals surface area contributed by atoms with E-state index in [0.29, 0.717) is 5.56 Å². The summed E-state index contributed by atoms with van der Waals surface area (Å²) in [5, 5.41) is 1.56. The highest BCUT2D eigenvalue weighted by Crippen LogP contribution is 2.35. The summed E-state index contributed by atoms with van der Waals surface area (Å²) in [6.07, 6.45) is 4.09. The second-order valence-corrected chi connectivity index (χ2v) is 8.08. The third-order valence-corrected chi connectivity index (χ3v) is 3.91. The molecule has 1 amide bonds. The predicted octanol–water partition coefficient (Wildman–Crippen LogP) is 4.46. The van der Waals surface area contributed by atoms with E-state index in [2.05, 4.69) is 53.7 Å². The van der Waals surface area contributed by atoms with Crippen LogP contribution in [0.3, 0.4) is 0 Å². The predicted molar refractivity (Wildman–Crippen MR) is 89.3 cm³/mol. The van der Waals surface area contributed by atoms with Crippen LogP contribution in [0.4, 0.5) is 0 Å². The minimum atomic E-state index is -0.112. The number of benzene rings is 1. The largest absolute Gasteiger partial charge is 0.278 e. The highest BCUT2D eigenvalue weighted by Gasteiger charge is 2.39. The first kappa shape index (κ1) is 16.8. The summed E-state index contributed by atoms with van der Waals surface area (Å²) in [6.45, 7) is 12.7. The maximum Gasteiger partial charge on any atom is 0.278 e. The van der Waals surface area contributed by atoms with Crippen molar-refractivity contribution in [1.29, 1.82) is 0 Å². The summed E-state index contributed by atoms with van der Waals surface area (Å²) >= 11 is 0. The Labute approximate surface area is 133 Å². The molecule has 2 atom stereocenters. The van der Waals surface area contributed by atoms with E-state index in [0.717, 1.165) is 0 Å². The molecule has 2 rings (SSSR count). The number of carbonyl (C=O) groups excluding carboxylic acids is 1. The average Bonchev–Trinajstić information content (AvgIpc) is 2.45. The zero-order valence-electron chi connectivity index (χ0n) is 14.5. The van der Waals surface area contributed by atoms with Gasteiger partial charge in [-0.25, -0.2) is 5.06 Å². The number of hydrogen-bond donors (Lipinski definition) is 0. The standard InChI is InChI=1S/C19H27NO2/c1-18(2,3)15-12-13-16(19(4,5)6)22-20(15)17(21)14-10-8-7-9-11-14/h7-13,15-16H,1-6H3/t15-,16+/m0/s1. The zero-order chi connectivity index (χ0) is 16.5. The van der Waals surface area contributed by atoms with Crippen molar-refractivity contribution < 1.29 is 9.63 Å². The number of hydroxylamine groups is 2. The van der Waals surface area contributed by atoms with Crippen molar-refractivity contribution in [2.45, 2.75) is 53.7 Å². The van der Waals surface area contributed by atoms with Gasteiger partial charge in [-0.2, -0.15) is 0 Å². The van der Waals surface area contributed by atoms with Gasteiger partial charge in [0, 0.05) is 5.56 Å². The molecular weight excluding hydrogens is 274 g/mol. The van der Waals surface area contributed by atoms with E-state index in [4.69, 9.17) is 4.84 Å². The molecule has 0 unspecified atom stereocenters. The molecule has 0 N–H and O–H groups in total. The Morgan fingerprint density at radius 2 is 1.55 bits per heavy atom. The lowest BCUT2D eigenvalue weighted by atomic mass is 9.82. The van der Waals surface area contributed by atoms with Crippen LogP contribution >= 0.6 is 0 Å². The molecular formula is C19H27NO2. The van der Waals surface area contributed by atoms with Crippen LogP contribution in [-0.4, -0.2) is 23.1 Å². The molecule has 120 valence electrons. The first-order valence-corrected chi connectivity index (χ1v) is 7.84. The number of amides is 1. The van der Waals surface area contributed by atoms with Crippen molar-refractivity contribution in [1.82, 2.24) is 5.06 Å². The normalized spacial score (nSPS) is 22.7. The van der Waals surface area contributed by atoms with E-state index in [9.17, 15) is 4.79 Å². The van der Waals surface area contributed by atoms with Crippen LogP contribution in [0.2, 0.25) is 0 Å². The number of carbonyl (C=O) groups is 1. The Bertz CT molecular complexity index is 549. The van der Waals surface area contributed by atoms with Crippen LogP contribution in [0, 0.1) is 10.8 Å². The second-order valence-electron chi connectivity index (χ2n) is 8.08. The van der Waals surface area contributed by atoms with Gasteiger partial charge in [0.1, 0.15) is 6.10 Å². The molecule has 3 heteroatoms. The Morgan fingerprint density at radius 1 is 0.955 bits per heavy atom. The van der Waals surface area contributed by atoms with E-state index in [1.54, 1.807) is 5.06 Å². The number of rotatable bonds is 1. The zero-order valence-corrected chi connectivity index (χ0v) is 14.5. The van der Waals surface area contributed by atoms with E-state index < -0.39 is 0 Å². The molecule has 0 radical (unpaired) electrons. The van der Waals surface area contributed by atoms with Crippen molar-refractivity contribution in [3.8, 4) is 0 Å². The summed E-state index contributed by atoms with van der Waals surface area (Å²) in [4.78, 5) is 19.0. The lowest BCUT2D eigenvalue weighted by Gasteiger charge is -2.44. The van der Waals surface area contributed by atoms with Crippen molar-refractivity contribution in [3.63, 3.8) is 0 Å². The molecule has 22 heavy (non-hydrogen) atoms. The molecule has 0 aromatic heterocycles. The molecule has 0 saturated carbocycles. The Morgan fingerprint density at radius 3 is 2.05 bits per heavy atom. The summed E-state index contributed by atoms with van der Waals surface area (Å²) in [6, 6.07) is 9.23. The van der Waals surface area contributed by atoms with Gasteiger partial charge in [0.05, 0.1) is 6.04 Å².